The van der Waals surface area contributed by atoms with Crippen molar-refractivity contribution in [3.8, 4) is 0 Å². The maximum atomic E-state index is 13.5. The molecule has 8 heteroatoms. The van der Waals surface area contributed by atoms with Crippen molar-refractivity contribution in [3.05, 3.63) is 28.8 Å². The fraction of sp³-hybridized carbons (Fsp3) is 0.550. The Balaban J connectivity index is 1.86. The molecule has 150 valence electrons. The van der Waals surface area contributed by atoms with E-state index in [4.69, 9.17) is 11.6 Å². The molecule has 6 nitrogen and oxygen atoms in total. The number of rotatable bonds is 5. The lowest BCUT2D eigenvalue weighted by Gasteiger charge is -2.31. The fourth-order valence-electron chi connectivity index (χ4n) is 4.93. The summed E-state index contributed by atoms with van der Waals surface area (Å²) >= 11 is 8.00. The van der Waals surface area contributed by atoms with Crippen LogP contribution >= 0.6 is 23.4 Å². The normalized spacial score (nSPS) is 32.1. The molecule has 3 amide bonds. The van der Waals surface area contributed by atoms with Crippen LogP contribution in [0.15, 0.2) is 18.2 Å². The molecule has 0 unspecified atom stereocenters. The van der Waals surface area contributed by atoms with Gasteiger partial charge in [-0.15, -0.1) is 0 Å². The van der Waals surface area contributed by atoms with Gasteiger partial charge in [0.05, 0.1) is 22.5 Å². The van der Waals surface area contributed by atoms with Crippen molar-refractivity contribution in [1.29, 1.82) is 0 Å². The molecule has 1 aromatic rings. The zero-order valence-electron chi connectivity index (χ0n) is 16.1. The van der Waals surface area contributed by atoms with Gasteiger partial charge in [0, 0.05) is 17.6 Å². The molecule has 0 radical (unpaired) electrons. The Morgan fingerprint density at radius 2 is 2.04 bits per heavy atom. The van der Waals surface area contributed by atoms with E-state index in [9.17, 15) is 14.4 Å². The maximum absolute atomic E-state index is 13.5. The van der Waals surface area contributed by atoms with Gasteiger partial charge >= 0.3 is 0 Å². The van der Waals surface area contributed by atoms with Crippen LogP contribution in [0, 0.1) is 11.8 Å². The van der Waals surface area contributed by atoms with Crippen LogP contribution in [0.1, 0.15) is 32.3 Å². The highest BCUT2D eigenvalue weighted by Crippen LogP contribution is 2.54. The first-order valence-corrected chi connectivity index (χ1v) is 11.4. The number of anilines is 1. The highest BCUT2D eigenvalue weighted by atomic mass is 35.5. The van der Waals surface area contributed by atoms with E-state index in [0.717, 1.165) is 5.75 Å². The quantitative estimate of drug-likeness (QED) is 0.714. The predicted molar refractivity (Wildman–Crippen MR) is 110 cm³/mol. The van der Waals surface area contributed by atoms with Crippen LogP contribution in [0.25, 0.3) is 0 Å². The highest BCUT2D eigenvalue weighted by Gasteiger charge is 2.70. The van der Waals surface area contributed by atoms with Crippen LogP contribution < -0.4 is 10.6 Å². The number of likely N-dealkylation sites (tertiary alicyclic amines) is 1. The van der Waals surface area contributed by atoms with Gasteiger partial charge in [-0.05, 0) is 37.8 Å². The highest BCUT2D eigenvalue weighted by molar-refractivity contribution is 7.98. The van der Waals surface area contributed by atoms with E-state index >= 15 is 0 Å². The van der Waals surface area contributed by atoms with Crippen molar-refractivity contribution in [3.63, 3.8) is 0 Å². The number of thioether (sulfide) groups is 1. The number of hydrogen-bond donors (Lipinski definition) is 2. The van der Waals surface area contributed by atoms with Crippen LogP contribution in [0.4, 0.5) is 5.69 Å². The number of benzene rings is 1. The number of hydrogen-bond acceptors (Lipinski definition) is 5. The third-order valence-corrected chi connectivity index (χ3v) is 7.36. The molecule has 0 aromatic heterocycles. The number of para-hydroxylation sites is 1. The predicted octanol–water partition coefficient (Wildman–Crippen LogP) is 2.61. The number of carbonyl (C=O) groups is 3. The van der Waals surface area contributed by atoms with Crippen molar-refractivity contribution < 1.29 is 14.4 Å². The summed E-state index contributed by atoms with van der Waals surface area (Å²) < 4.78 is 0. The number of fused-ring (bicyclic) bond motifs is 4. The van der Waals surface area contributed by atoms with Gasteiger partial charge < -0.3 is 5.32 Å². The summed E-state index contributed by atoms with van der Waals surface area (Å²) in [7, 11) is 0. The Bertz CT molecular complexity index is 863. The van der Waals surface area contributed by atoms with E-state index in [2.05, 4.69) is 10.6 Å². The first kappa shape index (κ1) is 19.7. The third kappa shape index (κ3) is 2.49. The molecular formula is C20H24ClN3O3S. The molecule has 1 aromatic carbocycles. The molecule has 28 heavy (non-hydrogen) atoms. The van der Waals surface area contributed by atoms with Crippen molar-refractivity contribution in [1.82, 2.24) is 10.2 Å². The second-order valence-electron chi connectivity index (χ2n) is 7.76. The minimum Gasteiger partial charge on any atom is -0.323 e. The van der Waals surface area contributed by atoms with Crippen LogP contribution in [0.5, 0.6) is 0 Å². The molecule has 3 aliphatic heterocycles. The van der Waals surface area contributed by atoms with Gasteiger partial charge in [0.2, 0.25) is 17.7 Å². The molecule has 2 saturated heterocycles. The Kier molecular flexibility index (Phi) is 4.96. The second kappa shape index (κ2) is 7.04. The van der Waals surface area contributed by atoms with Gasteiger partial charge in [-0.2, -0.15) is 11.8 Å². The van der Waals surface area contributed by atoms with Gasteiger partial charge in [0.15, 0.2) is 0 Å². The Morgan fingerprint density at radius 1 is 1.29 bits per heavy atom. The van der Waals surface area contributed by atoms with Crippen molar-refractivity contribution in [2.24, 2.45) is 11.8 Å². The first-order chi connectivity index (χ1) is 13.4. The molecule has 0 aliphatic carbocycles. The average molecular weight is 422 g/mol. The number of carbonyl (C=O) groups excluding carboxylic acids is 3. The molecule has 1 spiro atoms. The van der Waals surface area contributed by atoms with Gasteiger partial charge in [-0.25, -0.2) is 0 Å². The summed E-state index contributed by atoms with van der Waals surface area (Å²) in [5, 5.41) is 6.72. The van der Waals surface area contributed by atoms with Crippen LogP contribution in [-0.4, -0.2) is 46.7 Å². The Labute approximate surface area is 173 Å². The van der Waals surface area contributed by atoms with Gasteiger partial charge in [0.1, 0.15) is 5.54 Å². The fourth-order valence-corrected chi connectivity index (χ4v) is 5.64. The summed E-state index contributed by atoms with van der Waals surface area (Å²) in [6.45, 7) is 3.84. The molecule has 4 rings (SSSR count). The number of amides is 3. The van der Waals surface area contributed by atoms with E-state index in [1.165, 1.54) is 4.90 Å². The van der Waals surface area contributed by atoms with Crippen LogP contribution in [-0.2, 0) is 19.9 Å². The first-order valence-electron chi connectivity index (χ1n) is 9.62. The van der Waals surface area contributed by atoms with Crippen molar-refractivity contribution in [2.45, 2.75) is 44.3 Å². The molecule has 3 heterocycles. The monoisotopic (exact) mass is 421 g/mol. The minimum atomic E-state index is -1.25. The number of imide groups is 1. The van der Waals surface area contributed by atoms with Crippen molar-refractivity contribution >= 4 is 46.8 Å². The topological polar surface area (TPSA) is 78.5 Å². The Hall–Kier alpha value is -1.57. The number of nitrogens with one attached hydrogen (secondary N) is 2. The molecule has 0 saturated carbocycles. The zero-order chi connectivity index (χ0) is 20.2. The molecule has 5 atom stereocenters. The third-order valence-electron chi connectivity index (χ3n) is 6.40. The lowest BCUT2D eigenvalue weighted by atomic mass is 9.76. The second-order valence-corrected chi connectivity index (χ2v) is 9.16. The SMILES string of the molecule is CC[C@@H](C)N1C(=O)[C@H]2[C@@H](C1=O)[C@@]1(N[C@@H]2CCSC)C(=O)Nc2c(Cl)cccc21. The average Bonchev–Trinajstić information content (AvgIpc) is 3.26. The van der Waals surface area contributed by atoms with E-state index in [0.29, 0.717) is 29.1 Å². The van der Waals surface area contributed by atoms with Gasteiger partial charge in [0.25, 0.3) is 0 Å². The summed E-state index contributed by atoms with van der Waals surface area (Å²) in [5.74, 6) is -1.17. The maximum Gasteiger partial charge on any atom is 0.250 e. The molecular weight excluding hydrogens is 398 g/mol. The smallest absolute Gasteiger partial charge is 0.250 e. The largest absolute Gasteiger partial charge is 0.323 e. The molecule has 3 aliphatic rings. The Morgan fingerprint density at radius 3 is 2.71 bits per heavy atom. The molecule has 2 fully saturated rings. The lowest BCUT2D eigenvalue weighted by molar-refractivity contribution is -0.145. The van der Waals surface area contributed by atoms with Crippen LogP contribution in [0.2, 0.25) is 5.02 Å². The van der Waals surface area contributed by atoms with Crippen LogP contribution in [0.3, 0.4) is 0 Å². The van der Waals surface area contributed by atoms with E-state index in [1.54, 1.807) is 23.9 Å². The minimum absolute atomic E-state index is 0.164. The molecule has 0 bridgehead atoms. The van der Waals surface area contributed by atoms with E-state index < -0.39 is 17.4 Å². The summed E-state index contributed by atoms with van der Waals surface area (Å²) in [5.41, 5.74) is -0.0462. The van der Waals surface area contributed by atoms with E-state index in [1.807, 2.05) is 26.2 Å². The number of halogens is 1. The molecule has 2 N–H and O–H groups in total. The summed E-state index contributed by atoms with van der Waals surface area (Å²) in [4.78, 5) is 41.4. The number of nitrogens with zero attached hydrogens (tertiary/aromatic N) is 1. The lowest BCUT2D eigenvalue weighted by Crippen LogP contribution is -2.54. The summed E-state index contributed by atoms with van der Waals surface area (Å²) in [6, 6.07) is 4.89. The van der Waals surface area contributed by atoms with Gasteiger partial charge in [-0.1, -0.05) is 30.7 Å². The summed E-state index contributed by atoms with van der Waals surface area (Å²) in [6.07, 6.45) is 3.40. The zero-order valence-corrected chi connectivity index (χ0v) is 17.7. The standard InChI is InChI=1S/C20H24ClN3O3S/c1-4-10(2)24-17(25)14-13(8-9-28-3)23-20(15(14)18(24)26)11-6-5-7-12(21)16(11)22-19(20)27/h5-7,10,13-15,23H,4,8-9H2,1-3H3,(H,22,27)/t10-,13-,14-,15+,20-/m1/s1. The van der Waals surface area contributed by atoms with Crippen molar-refractivity contribution in [2.75, 3.05) is 17.3 Å². The van der Waals surface area contributed by atoms with Gasteiger partial charge in [-0.3, -0.25) is 24.6 Å². The van der Waals surface area contributed by atoms with E-state index in [-0.39, 0.29) is 29.8 Å².